The first-order chi connectivity index (χ1) is 12.0. The van der Waals surface area contributed by atoms with Crippen molar-refractivity contribution in [2.24, 2.45) is 0 Å². The van der Waals surface area contributed by atoms with Crippen LogP contribution in [-0.2, 0) is 6.54 Å². The fourth-order valence-electron chi connectivity index (χ4n) is 2.83. The molecule has 1 heterocycles. The van der Waals surface area contributed by atoms with Crippen LogP contribution in [0.2, 0.25) is 0 Å². The van der Waals surface area contributed by atoms with Crippen LogP contribution < -0.4 is 10.4 Å². The molecule has 25 heavy (non-hydrogen) atoms. The van der Waals surface area contributed by atoms with E-state index in [1.807, 2.05) is 43.3 Å². The van der Waals surface area contributed by atoms with Crippen molar-refractivity contribution in [1.82, 2.24) is 14.3 Å². The Morgan fingerprint density at radius 2 is 1.68 bits per heavy atom. The molecule has 5 heteroatoms. The number of ether oxygens (including phenoxy) is 1. The van der Waals surface area contributed by atoms with Gasteiger partial charge < -0.3 is 4.74 Å². The lowest BCUT2D eigenvalue weighted by atomic mass is 10.0. The Hall–Kier alpha value is -2.82. The van der Waals surface area contributed by atoms with Gasteiger partial charge in [0.05, 0.1) is 19.3 Å². The van der Waals surface area contributed by atoms with E-state index in [0.29, 0.717) is 18.3 Å². The van der Waals surface area contributed by atoms with Crippen LogP contribution in [0.1, 0.15) is 36.7 Å². The molecule has 5 nitrogen and oxygen atoms in total. The number of aryl methyl sites for hydroxylation is 1. The summed E-state index contributed by atoms with van der Waals surface area (Å²) in [6, 6.07) is 15.7. The molecule has 0 fully saturated rings. The largest absolute Gasteiger partial charge is 0.497 e. The third-order valence-corrected chi connectivity index (χ3v) is 4.31. The third kappa shape index (κ3) is 3.50. The zero-order valence-corrected chi connectivity index (χ0v) is 15.1. The smallest absolute Gasteiger partial charge is 0.350 e. The van der Waals surface area contributed by atoms with E-state index in [1.54, 1.807) is 11.7 Å². The lowest BCUT2D eigenvalue weighted by Crippen LogP contribution is -2.24. The summed E-state index contributed by atoms with van der Waals surface area (Å²) in [7, 11) is 1.63. The van der Waals surface area contributed by atoms with E-state index in [0.717, 1.165) is 17.0 Å². The SMILES string of the molecule is COc1ccc(Cn2nc(C)n(-c3ccc(C(C)C)cc3)c2=O)cc1. The van der Waals surface area contributed by atoms with Crippen molar-refractivity contribution >= 4 is 0 Å². The zero-order chi connectivity index (χ0) is 18.0. The molecule has 3 rings (SSSR count). The maximum absolute atomic E-state index is 12.8. The summed E-state index contributed by atoms with van der Waals surface area (Å²) in [5.74, 6) is 1.93. The molecule has 0 radical (unpaired) electrons. The molecule has 0 unspecified atom stereocenters. The van der Waals surface area contributed by atoms with Gasteiger partial charge in [0.1, 0.15) is 11.6 Å². The first-order valence-corrected chi connectivity index (χ1v) is 8.39. The zero-order valence-electron chi connectivity index (χ0n) is 15.1. The maximum Gasteiger partial charge on any atom is 0.350 e. The molecule has 0 aliphatic heterocycles. The van der Waals surface area contributed by atoms with Crippen LogP contribution in [-0.4, -0.2) is 21.5 Å². The molecule has 0 bridgehead atoms. The first-order valence-electron chi connectivity index (χ1n) is 8.39. The van der Waals surface area contributed by atoms with E-state index in [4.69, 9.17) is 4.74 Å². The van der Waals surface area contributed by atoms with Crippen molar-refractivity contribution in [1.29, 1.82) is 0 Å². The van der Waals surface area contributed by atoms with Crippen molar-refractivity contribution in [2.75, 3.05) is 7.11 Å². The normalized spacial score (nSPS) is 11.1. The highest BCUT2D eigenvalue weighted by Gasteiger charge is 2.12. The van der Waals surface area contributed by atoms with Gasteiger partial charge in [0.2, 0.25) is 0 Å². The highest BCUT2D eigenvalue weighted by molar-refractivity contribution is 5.36. The summed E-state index contributed by atoms with van der Waals surface area (Å²) in [6.45, 7) is 6.58. The first kappa shape index (κ1) is 17.0. The Morgan fingerprint density at radius 1 is 1.04 bits per heavy atom. The highest BCUT2D eigenvalue weighted by atomic mass is 16.5. The second-order valence-corrected chi connectivity index (χ2v) is 6.42. The molecule has 1 aromatic heterocycles. The highest BCUT2D eigenvalue weighted by Crippen LogP contribution is 2.17. The number of rotatable bonds is 5. The van der Waals surface area contributed by atoms with Crippen LogP contribution in [0.3, 0.4) is 0 Å². The van der Waals surface area contributed by atoms with Crippen LogP contribution in [0.15, 0.2) is 53.3 Å². The van der Waals surface area contributed by atoms with Crippen LogP contribution >= 0.6 is 0 Å². The summed E-state index contributed by atoms with van der Waals surface area (Å²) in [4.78, 5) is 12.8. The molecule has 3 aromatic rings. The van der Waals surface area contributed by atoms with E-state index >= 15 is 0 Å². The minimum Gasteiger partial charge on any atom is -0.497 e. The lowest BCUT2D eigenvalue weighted by Gasteiger charge is -2.07. The van der Waals surface area contributed by atoms with Gasteiger partial charge in [-0.15, -0.1) is 0 Å². The predicted octanol–water partition coefficient (Wildman–Crippen LogP) is 3.52. The number of aromatic nitrogens is 3. The quantitative estimate of drug-likeness (QED) is 0.716. The Balaban J connectivity index is 1.91. The second kappa shape index (κ2) is 6.97. The Kier molecular flexibility index (Phi) is 4.74. The molecular weight excluding hydrogens is 314 g/mol. The summed E-state index contributed by atoms with van der Waals surface area (Å²) in [6.07, 6.45) is 0. The van der Waals surface area contributed by atoms with Crippen molar-refractivity contribution < 1.29 is 4.74 Å². The summed E-state index contributed by atoms with van der Waals surface area (Å²) in [5, 5.41) is 4.42. The van der Waals surface area contributed by atoms with Crippen molar-refractivity contribution in [2.45, 2.75) is 33.2 Å². The Labute approximate surface area is 147 Å². The number of nitrogens with zero attached hydrogens (tertiary/aromatic N) is 3. The van der Waals surface area contributed by atoms with Crippen molar-refractivity contribution in [3.8, 4) is 11.4 Å². The summed E-state index contributed by atoms with van der Waals surface area (Å²) in [5.41, 5.74) is 2.96. The van der Waals surface area contributed by atoms with E-state index < -0.39 is 0 Å². The minimum absolute atomic E-state index is 0.134. The molecule has 0 aliphatic rings. The fraction of sp³-hybridized carbons (Fsp3) is 0.300. The average Bonchev–Trinajstić information content (AvgIpc) is 2.89. The van der Waals surface area contributed by atoms with Crippen LogP contribution in [0.5, 0.6) is 5.75 Å². The van der Waals surface area contributed by atoms with E-state index in [1.165, 1.54) is 10.2 Å². The number of methoxy groups -OCH3 is 1. The molecule has 0 N–H and O–H groups in total. The summed E-state index contributed by atoms with van der Waals surface area (Å²) >= 11 is 0. The number of benzene rings is 2. The van der Waals surface area contributed by atoms with Crippen LogP contribution in [0.4, 0.5) is 0 Å². The fourth-order valence-corrected chi connectivity index (χ4v) is 2.83. The number of hydrogen-bond donors (Lipinski definition) is 0. The van der Waals surface area contributed by atoms with Gasteiger partial charge in [0.15, 0.2) is 0 Å². The molecule has 2 aromatic carbocycles. The van der Waals surface area contributed by atoms with E-state index in [-0.39, 0.29) is 5.69 Å². The molecule has 0 aliphatic carbocycles. The Bertz CT molecular complexity index is 904. The van der Waals surface area contributed by atoms with Crippen LogP contribution in [0, 0.1) is 6.92 Å². The Morgan fingerprint density at radius 3 is 2.24 bits per heavy atom. The predicted molar refractivity (Wildman–Crippen MR) is 98.7 cm³/mol. The van der Waals surface area contributed by atoms with Crippen LogP contribution in [0.25, 0.3) is 5.69 Å². The third-order valence-electron chi connectivity index (χ3n) is 4.31. The standard InChI is InChI=1S/C20H23N3O2/c1-14(2)17-7-9-18(10-8-17)23-15(3)21-22(20(23)24)13-16-5-11-19(25-4)12-6-16/h5-12,14H,13H2,1-4H3. The monoisotopic (exact) mass is 337 g/mol. The molecule has 0 amide bonds. The van der Waals surface area contributed by atoms with Gasteiger partial charge >= 0.3 is 5.69 Å². The van der Waals surface area contributed by atoms with Crippen molar-refractivity contribution in [3.63, 3.8) is 0 Å². The van der Waals surface area contributed by atoms with Crippen molar-refractivity contribution in [3.05, 3.63) is 76.0 Å². The van der Waals surface area contributed by atoms with Gasteiger partial charge in [0, 0.05) is 0 Å². The van der Waals surface area contributed by atoms with Gasteiger partial charge in [-0.2, -0.15) is 5.10 Å². The van der Waals surface area contributed by atoms with Gasteiger partial charge in [-0.1, -0.05) is 38.1 Å². The summed E-state index contributed by atoms with van der Waals surface area (Å²) < 4.78 is 8.30. The topological polar surface area (TPSA) is 49.0 Å². The lowest BCUT2D eigenvalue weighted by molar-refractivity contribution is 0.414. The minimum atomic E-state index is -0.134. The molecule has 0 saturated carbocycles. The second-order valence-electron chi connectivity index (χ2n) is 6.42. The molecule has 0 spiro atoms. The molecule has 0 saturated heterocycles. The molecule has 0 atom stereocenters. The van der Waals surface area contributed by atoms with Gasteiger partial charge in [0.25, 0.3) is 0 Å². The van der Waals surface area contributed by atoms with Gasteiger partial charge in [-0.05, 0) is 48.2 Å². The maximum atomic E-state index is 12.8. The number of hydrogen-bond acceptors (Lipinski definition) is 3. The average molecular weight is 337 g/mol. The van der Waals surface area contributed by atoms with Gasteiger partial charge in [-0.25, -0.2) is 14.0 Å². The molecule has 130 valence electrons. The molecular formula is C20H23N3O2. The van der Waals surface area contributed by atoms with E-state index in [9.17, 15) is 4.79 Å². The van der Waals surface area contributed by atoms with Gasteiger partial charge in [-0.3, -0.25) is 0 Å². The van der Waals surface area contributed by atoms with E-state index in [2.05, 4.69) is 31.1 Å².